The lowest BCUT2D eigenvalue weighted by molar-refractivity contribution is 0.169. The van der Waals surface area contributed by atoms with Crippen LogP contribution in [0.1, 0.15) is 18.9 Å². The Labute approximate surface area is 187 Å². The van der Waals surface area contributed by atoms with Crippen LogP contribution in [0.3, 0.4) is 0 Å². The lowest BCUT2D eigenvalue weighted by Crippen LogP contribution is -2.54. The largest absolute Gasteiger partial charge is 0.336 e. The number of nitrogens with one attached hydrogen (secondary N) is 1. The van der Waals surface area contributed by atoms with Gasteiger partial charge in [-0.25, -0.2) is 13.2 Å². The van der Waals surface area contributed by atoms with Crippen molar-refractivity contribution < 1.29 is 13.2 Å². The summed E-state index contributed by atoms with van der Waals surface area (Å²) in [6.45, 7) is 3.01. The first-order valence-electron chi connectivity index (χ1n) is 9.82. The van der Waals surface area contributed by atoms with Gasteiger partial charge in [0.1, 0.15) is 4.90 Å². The molecule has 3 rings (SSSR count). The quantitative estimate of drug-likeness (QED) is 0.693. The summed E-state index contributed by atoms with van der Waals surface area (Å²) in [5.74, 6) is 0. The molecule has 6 nitrogen and oxygen atoms in total. The minimum Gasteiger partial charge on any atom is -0.336 e. The lowest BCUT2D eigenvalue weighted by atomic mass is 10.1. The molecule has 30 heavy (non-hydrogen) atoms. The summed E-state index contributed by atoms with van der Waals surface area (Å²) in [6, 6.07) is 14.5. The van der Waals surface area contributed by atoms with E-state index in [1.165, 1.54) is 15.9 Å². The number of urea groups is 1. The van der Waals surface area contributed by atoms with Gasteiger partial charge in [0, 0.05) is 32.2 Å². The van der Waals surface area contributed by atoms with E-state index in [1.807, 2.05) is 25.1 Å². The molecule has 1 N–H and O–H groups in total. The molecule has 0 spiro atoms. The summed E-state index contributed by atoms with van der Waals surface area (Å²) in [5.41, 5.74) is 1.23. The Morgan fingerprint density at radius 1 is 1.03 bits per heavy atom. The third-order valence-corrected chi connectivity index (χ3v) is 8.01. The van der Waals surface area contributed by atoms with Crippen LogP contribution in [0.4, 0.5) is 4.79 Å². The van der Waals surface area contributed by atoms with Crippen LogP contribution in [0.25, 0.3) is 0 Å². The van der Waals surface area contributed by atoms with Gasteiger partial charge in [-0.3, -0.25) is 0 Å². The number of rotatable bonds is 6. The second-order valence-corrected chi connectivity index (χ2v) is 10.0. The predicted octanol–water partition coefficient (Wildman–Crippen LogP) is 4.03. The highest BCUT2D eigenvalue weighted by atomic mass is 35.5. The smallest absolute Gasteiger partial charge is 0.317 e. The van der Waals surface area contributed by atoms with E-state index >= 15 is 0 Å². The maximum atomic E-state index is 12.9. The van der Waals surface area contributed by atoms with Gasteiger partial charge in [0.25, 0.3) is 0 Å². The Kier molecular flexibility index (Phi) is 7.63. The standard InChI is InChI=1S/C21H25Cl2N3O3S/c1-16(10-11-17-6-3-2-4-7-17)24-21(27)25-12-14-26(15-13-25)30(28,29)19-9-5-8-18(22)20(19)23/h2-9,16H,10-15H2,1H3,(H,24,27)/t16-/m0/s1. The van der Waals surface area contributed by atoms with Crippen molar-refractivity contribution >= 4 is 39.3 Å². The molecule has 9 heteroatoms. The third-order valence-electron chi connectivity index (χ3n) is 5.14. The number of hydrogen-bond donors (Lipinski definition) is 1. The highest BCUT2D eigenvalue weighted by molar-refractivity contribution is 7.89. The monoisotopic (exact) mass is 469 g/mol. The van der Waals surface area contributed by atoms with Crippen LogP contribution in [0.15, 0.2) is 53.4 Å². The predicted molar refractivity (Wildman–Crippen MR) is 120 cm³/mol. The number of carbonyl (C=O) groups excluding carboxylic acids is 1. The van der Waals surface area contributed by atoms with Crippen LogP contribution in [0, 0.1) is 0 Å². The highest BCUT2D eigenvalue weighted by Gasteiger charge is 2.32. The molecule has 2 amide bonds. The van der Waals surface area contributed by atoms with Gasteiger partial charge >= 0.3 is 6.03 Å². The number of halogens is 2. The molecule has 0 saturated carbocycles. The van der Waals surface area contributed by atoms with E-state index in [-0.39, 0.29) is 40.1 Å². The van der Waals surface area contributed by atoms with Gasteiger partial charge in [-0.15, -0.1) is 0 Å². The van der Waals surface area contributed by atoms with Crippen LogP contribution in [0.2, 0.25) is 10.0 Å². The van der Waals surface area contributed by atoms with Crippen LogP contribution >= 0.6 is 23.2 Å². The van der Waals surface area contributed by atoms with E-state index in [2.05, 4.69) is 17.4 Å². The number of hydrogen-bond acceptors (Lipinski definition) is 3. The molecule has 1 atom stereocenters. The summed E-state index contributed by atoms with van der Waals surface area (Å²) < 4.78 is 27.1. The fraction of sp³-hybridized carbons (Fsp3) is 0.381. The summed E-state index contributed by atoms with van der Waals surface area (Å²) >= 11 is 12.1. The molecule has 0 bridgehead atoms. The van der Waals surface area contributed by atoms with Crippen molar-refractivity contribution in [2.45, 2.75) is 30.7 Å². The normalized spacial score (nSPS) is 16.3. The van der Waals surface area contributed by atoms with Crippen LogP contribution in [-0.2, 0) is 16.4 Å². The number of carbonyl (C=O) groups is 1. The van der Waals surface area contributed by atoms with Crippen molar-refractivity contribution in [1.29, 1.82) is 0 Å². The lowest BCUT2D eigenvalue weighted by Gasteiger charge is -2.34. The Morgan fingerprint density at radius 3 is 2.37 bits per heavy atom. The van der Waals surface area contributed by atoms with Crippen molar-refractivity contribution in [2.24, 2.45) is 0 Å². The molecule has 2 aromatic rings. The molecule has 0 aliphatic carbocycles. The zero-order chi connectivity index (χ0) is 21.7. The van der Waals surface area contributed by atoms with E-state index in [0.717, 1.165) is 12.8 Å². The molecule has 1 aliphatic heterocycles. The maximum absolute atomic E-state index is 12.9. The van der Waals surface area contributed by atoms with Crippen LogP contribution in [0.5, 0.6) is 0 Å². The van der Waals surface area contributed by atoms with Gasteiger partial charge < -0.3 is 10.2 Å². The SMILES string of the molecule is C[C@@H](CCc1ccccc1)NC(=O)N1CCN(S(=O)(=O)c2cccc(Cl)c2Cl)CC1. The molecule has 0 radical (unpaired) electrons. The molecule has 1 aliphatic rings. The third kappa shape index (κ3) is 5.46. The minimum absolute atomic E-state index is 0.0101. The Balaban J connectivity index is 1.52. The van der Waals surface area contributed by atoms with Crippen molar-refractivity contribution in [3.8, 4) is 0 Å². The van der Waals surface area contributed by atoms with Gasteiger partial charge in [0.2, 0.25) is 10.0 Å². The van der Waals surface area contributed by atoms with Crippen LogP contribution in [-0.4, -0.2) is 55.9 Å². The Bertz CT molecular complexity index is 978. The van der Waals surface area contributed by atoms with Crippen molar-refractivity contribution in [2.75, 3.05) is 26.2 Å². The number of nitrogens with zero attached hydrogens (tertiary/aromatic N) is 2. The summed E-state index contributed by atoms with van der Waals surface area (Å²) in [6.07, 6.45) is 1.71. The van der Waals surface area contributed by atoms with Gasteiger partial charge in [-0.05, 0) is 37.5 Å². The zero-order valence-electron chi connectivity index (χ0n) is 16.7. The van der Waals surface area contributed by atoms with Gasteiger partial charge in [-0.2, -0.15) is 4.31 Å². The van der Waals surface area contributed by atoms with E-state index in [1.54, 1.807) is 17.0 Å². The van der Waals surface area contributed by atoms with Gasteiger partial charge in [0.05, 0.1) is 10.0 Å². The Morgan fingerprint density at radius 2 is 1.70 bits per heavy atom. The highest BCUT2D eigenvalue weighted by Crippen LogP contribution is 2.31. The van der Waals surface area contributed by atoms with E-state index in [4.69, 9.17) is 23.2 Å². The van der Waals surface area contributed by atoms with Crippen LogP contribution < -0.4 is 5.32 Å². The second-order valence-electron chi connectivity index (χ2n) is 7.32. The van der Waals surface area contributed by atoms with Crippen molar-refractivity contribution in [1.82, 2.24) is 14.5 Å². The molecule has 162 valence electrons. The average Bonchev–Trinajstić information content (AvgIpc) is 2.75. The number of amides is 2. The average molecular weight is 470 g/mol. The molecule has 1 fully saturated rings. The summed E-state index contributed by atoms with van der Waals surface area (Å²) in [4.78, 5) is 14.2. The fourth-order valence-electron chi connectivity index (χ4n) is 3.36. The summed E-state index contributed by atoms with van der Waals surface area (Å²) in [7, 11) is -3.77. The molecule has 0 aromatic heterocycles. The number of aryl methyl sites for hydroxylation is 1. The molecule has 1 heterocycles. The van der Waals surface area contributed by atoms with Crippen molar-refractivity contribution in [3.05, 3.63) is 64.1 Å². The molecular weight excluding hydrogens is 445 g/mol. The van der Waals surface area contributed by atoms with E-state index in [0.29, 0.717) is 13.1 Å². The number of piperazine rings is 1. The number of sulfonamides is 1. The zero-order valence-corrected chi connectivity index (χ0v) is 19.1. The fourth-order valence-corrected chi connectivity index (χ4v) is 5.51. The first-order valence-corrected chi connectivity index (χ1v) is 12.0. The molecule has 1 saturated heterocycles. The first-order chi connectivity index (χ1) is 14.3. The second kappa shape index (κ2) is 10.0. The number of benzene rings is 2. The molecular formula is C21H25Cl2N3O3S. The van der Waals surface area contributed by atoms with E-state index < -0.39 is 10.0 Å². The Hall–Kier alpha value is -1.80. The van der Waals surface area contributed by atoms with Gasteiger partial charge in [-0.1, -0.05) is 59.6 Å². The maximum Gasteiger partial charge on any atom is 0.317 e. The van der Waals surface area contributed by atoms with Gasteiger partial charge in [0.15, 0.2) is 0 Å². The topological polar surface area (TPSA) is 69.7 Å². The van der Waals surface area contributed by atoms with Crippen molar-refractivity contribution in [3.63, 3.8) is 0 Å². The molecule has 0 unspecified atom stereocenters. The first kappa shape index (κ1) is 22.9. The minimum atomic E-state index is -3.77. The summed E-state index contributed by atoms with van der Waals surface area (Å²) in [5, 5.41) is 3.22. The van der Waals surface area contributed by atoms with E-state index in [9.17, 15) is 13.2 Å². The molecule has 2 aromatic carbocycles.